The van der Waals surface area contributed by atoms with Gasteiger partial charge in [0.25, 0.3) is 5.56 Å². The first-order valence-electron chi connectivity index (χ1n) is 9.34. The van der Waals surface area contributed by atoms with Gasteiger partial charge in [0, 0.05) is 16.5 Å². The molecule has 1 atom stereocenters. The summed E-state index contributed by atoms with van der Waals surface area (Å²) in [5, 5.41) is 1.91. The summed E-state index contributed by atoms with van der Waals surface area (Å²) < 4.78 is 17.8. The Hall–Kier alpha value is -3.17. The molecule has 0 saturated heterocycles. The molecule has 4 rings (SSSR count). The highest BCUT2D eigenvalue weighted by Gasteiger charge is 2.33. The number of benzene rings is 1. The van der Waals surface area contributed by atoms with E-state index >= 15 is 0 Å². The van der Waals surface area contributed by atoms with Crippen LogP contribution in [0.1, 0.15) is 23.4 Å². The second-order valence-corrected chi connectivity index (χ2v) is 8.69. The molecule has 1 aliphatic heterocycles. The number of rotatable bonds is 5. The molecule has 0 bridgehead atoms. The summed E-state index contributed by atoms with van der Waals surface area (Å²) in [6.07, 6.45) is 1.77. The van der Waals surface area contributed by atoms with Crippen LogP contribution in [0.5, 0.6) is 11.5 Å². The Kier molecular flexibility index (Phi) is 5.79. The van der Waals surface area contributed by atoms with E-state index in [2.05, 4.69) is 4.99 Å². The van der Waals surface area contributed by atoms with Gasteiger partial charge in [-0.25, -0.2) is 9.79 Å². The molecule has 0 fully saturated rings. The van der Waals surface area contributed by atoms with Gasteiger partial charge >= 0.3 is 5.97 Å². The van der Waals surface area contributed by atoms with Crippen molar-refractivity contribution < 1.29 is 19.0 Å². The van der Waals surface area contributed by atoms with Crippen LogP contribution in [0.2, 0.25) is 0 Å². The molecular weight excluding hydrogens is 436 g/mol. The summed E-state index contributed by atoms with van der Waals surface area (Å²) in [6, 6.07) is 8.61. The first-order valence-corrected chi connectivity index (χ1v) is 11.0. The normalized spacial score (nSPS) is 16.0. The van der Waals surface area contributed by atoms with Crippen LogP contribution >= 0.6 is 22.7 Å². The van der Waals surface area contributed by atoms with Crippen molar-refractivity contribution in [1.29, 1.82) is 0 Å². The first-order chi connectivity index (χ1) is 15.0. The van der Waals surface area contributed by atoms with Crippen LogP contribution in [0, 0.1) is 0 Å². The molecule has 0 amide bonds. The number of methoxy groups -OCH3 is 3. The fourth-order valence-electron chi connectivity index (χ4n) is 3.49. The number of esters is 1. The van der Waals surface area contributed by atoms with Crippen molar-refractivity contribution in [3.63, 3.8) is 0 Å². The zero-order valence-electron chi connectivity index (χ0n) is 17.4. The van der Waals surface area contributed by atoms with E-state index in [1.807, 2.05) is 23.6 Å². The molecule has 1 unspecified atom stereocenters. The van der Waals surface area contributed by atoms with E-state index in [1.54, 1.807) is 43.9 Å². The van der Waals surface area contributed by atoms with Crippen molar-refractivity contribution in [1.82, 2.24) is 4.57 Å². The maximum absolute atomic E-state index is 13.5. The zero-order valence-corrected chi connectivity index (χ0v) is 19.0. The van der Waals surface area contributed by atoms with Gasteiger partial charge in [-0.2, -0.15) is 0 Å². The van der Waals surface area contributed by atoms with E-state index in [1.165, 1.54) is 29.8 Å². The fourth-order valence-corrected chi connectivity index (χ4v) is 5.35. The van der Waals surface area contributed by atoms with E-state index < -0.39 is 12.0 Å². The zero-order chi connectivity index (χ0) is 22.1. The Morgan fingerprint density at radius 1 is 1.19 bits per heavy atom. The highest BCUT2D eigenvalue weighted by Crippen LogP contribution is 2.33. The first kappa shape index (κ1) is 21.1. The van der Waals surface area contributed by atoms with Gasteiger partial charge in [0.05, 0.1) is 37.1 Å². The molecule has 0 aliphatic carbocycles. The molecule has 2 aromatic heterocycles. The van der Waals surface area contributed by atoms with Crippen LogP contribution in [-0.2, 0) is 9.53 Å². The van der Waals surface area contributed by atoms with Crippen LogP contribution in [0.25, 0.3) is 6.08 Å². The monoisotopic (exact) mass is 456 g/mol. The maximum Gasteiger partial charge on any atom is 0.338 e. The van der Waals surface area contributed by atoms with Gasteiger partial charge in [-0.1, -0.05) is 17.4 Å². The third kappa shape index (κ3) is 3.70. The number of carbonyl (C=O) groups is 1. The Labute approximate surface area is 186 Å². The topological polar surface area (TPSA) is 79.1 Å². The molecular formula is C22H20N2O5S2. The number of thiophene rings is 1. The molecule has 0 spiro atoms. The summed E-state index contributed by atoms with van der Waals surface area (Å²) in [5.41, 5.74) is 1.42. The number of nitrogens with zero attached hydrogens (tertiary/aromatic N) is 2. The van der Waals surface area contributed by atoms with Crippen molar-refractivity contribution in [3.05, 3.63) is 77.1 Å². The smallest absolute Gasteiger partial charge is 0.338 e. The molecule has 31 heavy (non-hydrogen) atoms. The predicted octanol–water partition coefficient (Wildman–Crippen LogP) is 2.49. The van der Waals surface area contributed by atoms with Crippen molar-refractivity contribution in [2.24, 2.45) is 4.99 Å². The van der Waals surface area contributed by atoms with Crippen molar-refractivity contribution in [2.45, 2.75) is 13.0 Å². The third-order valence-electron chi connectivity index (χ3n) is 4.97. The number of carbonyl (C=O) groups excluding carboxylic acids is 1. The fraction of sp³-hybridized carbons (Fsp3) is 0.227. The average molecular weight is 457 g/mol. The predicted molar refractivity (Wildman–Crippen MR) is 120 cm³/mol. The van der Waals surface area contributed by atoms with Gasteiger partial charge in [-0.15, -0.1) is 11.3 Å². The second kappa shape index (κ2) is 8.52. The molecule has 160 valence electrons. The van der Waals surface area contributed by atoms with Crippen LogP contribution in [-0.4, -0.2) is 31.9 Å². The molecule has 1 aromatic carbocycles. The molecule has 0 saturated carbocycles. The summed E-state index contributed by atoms with van der Waals surface area (Å²) in [6.45, 7) is 1.76. The van der Waals surface area contributed by atoms with E-state index in [-0.39, 0.29) is 5.56 Å². The number of hydrogen-bond donors (Lipinski definition) is 0. The lowest BCUT2D eigenvalue weighted by Gasteiger charge is -2.22. The van der Waals surface area contributed by atoms with Crippen molar-refractivity contribution in [3.8, 4) is 11.5 Å². The van der Waals surface area contributed by atoms with Crippen molar-refractivity contribution in [2.75, 3.05) is 21.3 Å². The summed E-state index contributed by atoms with van der Waals surface area (Å²) in [5.74, 6) is 0.753. The van der Waals surface area contributed by atoms with E-state index in [4.69, 9.17) is 14.2 Å². The molecule has 0 radical (unpaired) electrons. The quantitative estimate of drug-likeness (QED) is 0.551. The minimum Gasteiger partial charge on any atom is -0.497 e. The van der Waals surface area contributed by atoms with Crippen LogP contribution < -0.4 is 24.4 Å². The van der Waals surface area contributed by atoms with Gasteiger partial charge in [-0.05, 0) is 36.6 Å². The molecule has 3 heterocycles. The lowest BCUT2D eigenvalue weighted by atomic mass is 10.0. The minimum absolute atomic E-state index is 0.228. The lowest BCUT2D eigenvalue weighted by Crippen LogP contribution is -2.39. The second-order valence-electron chi connectivity index (χ2n) is 6.70. The van der Waals surface area contributed by atoms with Gasteiger partial charge in [0.15, 0.2) is 4.80 Å². The Morgan fingerprint density at radius 2 is 2.00 bits per heavy atom. The molecule has 9 heteroatoms. The minimum atomic E-state index is -0.580. The van der Waals surface area contributed by atoms with Crippen LogP contribution in [0.4, 0.5) is 0 Å². The van der Waals surface area contributed by atoms with Crippen molar-refractivity contribution >= 4 is 34.7 Å². The Morgan fingerprint density at radius 3 is 2.65 bits per heavy atom. The number of hydrogen-bond acceptors (Lipinski definition) is 8. The highest BCUT2D eigenvalue weighted by molar-refractivity contribution is 7.10. The summed E-state index contributed by atoms with van der Waals surface area (Å²) >= 11 is 2.75. The SMILES string of the molecule is COC(=O)C1=C(C)N=c2s/c(=C/c3ccc(OC)cc3OC)c(=O)n2C1c1cccs1. The van der Waals surface area contributed by atoms with Gasteiger partial charge in [0.2, 0.25) is 0 Å². The Balaban J connectivity index is 1.94. The maximum atomic E-state index is 13.5. The Bertz CT molecular complexity index is 1350. The third-order valence-corrected chi connectivity index (χ3v) is 6.87. The number of fused-ring (bicyclic) bond motifs is 1. The van der Waals surface area contributed by atoms with Gasteiger partial charge in [0.1, 0.15) is 17.5 Å². The lowest BCUT2D eigenvalue weighted by molar-refractivity contribution is -0.136. The van der Waals surface area contributed by atoms with Crippen LogP contribution in [0.3, 0.4) is 0 Å². The number of thiazole rings is 1. The molecule has 0 N–H and O–H groups in total. The molecule has 3 aromatic rings. The van der Waals surface area contributed by atoms with E-state index in [9.17, 15) is 9.59 Å². The average Bonchev–Trinajstić information content (AvgIpc) is 3.41. The molecule has 1 aliphatic rings. The van der Waals surface area contributed by atoms with Crippen LogP contribution in [0.15, 0.2) is 56.8 Å². The standard InChI is InChI=1S/C22H20N2O5S2/c1-12-18(21(26)29-4)19(16-6-5-9-30-16)24-20(25)17(31-22(24)23-12)10-13-7-8-14(27-2)11-15(13)28-3/h5-11,19H,1-4H3/b17-10+. The van der Waals surface area contributed by atoms with E-state index in [0.717, 1.165) is 10.4 Å². The largest absolute Gasteiger partial charge is 0.497 e. The summed E-state index contributed by atoms with van der Waals surface area (Å²) in [4.78, 5) is 32.0. The number of aromatic nitrogens is 1. The van der Waals surface area contributed by atoms with Gasteiger partial charge in [-0.3, -0.25) is 9.36 Å². The van der Waals surface area contributed by atoms with Gasteiger partial charge < -0.3 is 14.2 Å². The highest BCUT2D eigenvalue weighted by atomic mass is 32.1. The number of ether oxygens (including phenoxy) is 3. The van der Waals surface area contributed by atoms with E-state index in [0.29, 0.717) is 32.1 Å². The number of allylic oxidation sites excluding steroid dienone is 1. The molecule has 7 nitrogen and oxygen atoms in total. The summed E-state index contributed by atoms with van der Waals surface area (Å²) in [7, 11) is 4.48.